The predicted molar refractivity (Wildman–Crippen MR) is 100 cm³/mol. The van der Waals surface area contributed by atoms with Crippen LogP contribution < -0.4 is 4.90 Å². The van der Waals surface area contributed by atoms with Crippen molar-refractivity contribution in [3.05, 3.63) is 64.6 Å². The lowest BCUT2D eigenvalue weighted by Gasteiger charge is -2.37. The van der Waals surface area contributed by atoms with Crippen molar-refractivity contribution in [3.63, 3.8) is 0 Å². The van der Waals surface area contributed by atoms with Crippen LogP contribution in [0.5, 0.6) is 0 Å². The number of carbonyl (C=O) groups excluding carboxylic acids is 1. The molecular weight excluding hydrogens is 368 g/mol. The maximum atomic E-state index is 13.1. The first-order valence-electron chi connectivity index (χ1n) is 7.78. The average Bonchev–Trinajstić information content (AvgIpc) is 2.56. The molecule has 0 aliphatic carbocycles. The van der Waals surface area contributed by atoms with Crippen LogP contribution in [0.3, 0.4) is 0 Å². The number of hydrogen-bond donors (Lipinski definition) is 1. The summed E-state index contributed by atoms with van der Waals surface area (Å²) in [5.74, 6) is -0.194. The van der Waals surface area contributed by atoms with Gasteiger partial charge in [0, 0.05) is 22.7 Å². The SMILES string of the molecule is CN(C(=O)C(c1ccc(Br)cc1)N(O)C(C)(C)C)c1ccccc1. The normalized spacial score (nSPS) is 13.0. The molecule has 0 saturated heterocycles. The monoisotopic (exact) mass is 390 g/mol. The van der Waals surface area contributed by atoms with Crippen molar-refractivity contribution in [1.82, 2.24) is 5.06 Å². The fraction of sp³-hybridized carbons (Fsp3) is 0.316. The molecule has 5 heteroatoms. The third kappa shape index (κ3) is 4.23. The standard InChI is InChI=1S/C19H23BrN2O2/c1-19(2,3)22(24)17(14-10-12-15(20)13-11-14)18(23)21(4)16-8-6-5-7-9-16/h5-13,17,24H,1-4H3. The largest absolute Gasteiger partial charge is 0.314 e. The van der Waals surface area contributed by atoms with Crippen molar-refractivity contribution in [2.45, 2.75) is 32.4 Å². The number of anilines is 1. The van der Waals surface area contributed by atoms with Gasteiger partial charge >= 0.3 is 0 Å². The van der Waals surface area contributed by atoms with E-state index in [-0.39, 0.29) is 5.91 Å². The molecular formula is C19H23BrN2O2. The molecule has 1 atom stereocenters. The summed E-state index contributed by atoms with van der Waals surface area (Å²) >= 11 is 3.40. The van der Waals surface area contributed by atoms with E-state index in [1.54, 1.807) is 11.9 Å². The second kappa shape index (κ2) is 7.47. The van der Waals surface area contributed by atoms with Crippen LogP contribution >= 0.6 is 15.9 Å². The molecule has 0 heterocycles. The smallest absolute Gasteiger partial charge is 0.251 e. The van der Waals surface area contributed by atoms with Gasteiger partial charge in [-0.1, -0.05) is 46.3 Å². The van der Waals surface area contributed by atoms with Gasteiger partial charge in [-0.15, -0.1) is 0 Å². The van der Waals surface area contributed by atoms with Gasteiger partial charge in [-0.25, -0.2) is 0 Å². The lowest BCUT2D eigenvalue weighted by Crippen LogP contribution is -2.48. The molecule has 0 radical (unpaired) electrons. The highest BCUT2D eigenvalue weighted by atomic mass is 79.9. The quantitative estimate of drug-likeness (QED) is 0.772. The number of likely N-dealkylation sites (N-methyl/N-ethyl adjacent to an activating group) is 1. The van der Waals surface area contributed by atoms with Gasteiger partial charge in [0.1, 0.15) is 6.04 Å². The van der Waals surface area contributed by atoms with Crippen molar-refractivity contribution >= 4 is 27.5 Å². The molecule has 2 aromatic rings. The van der Waals surface area contributed by atoms with E-state index in [1.165, 1.54) is 0 Å². The lowest BCUT2D eigenvalue weighted by atomic mass is 9.99. The molecule has 24 heavy (non-hydrogen) atoms. The van der Waals surface area contributed by atoms with Crippen LogP contribution in [0.4, 0.5) is 5.69 Å². The van der Waals surface area contributed by atoms with Crippen molar-refractivity contribution in [3.8, 4) is 0 Å². The van der Waals surface area contributed by atoms with Crippen LogP contribution in [0.25, 0.3) is 0 Å². The van der Waals surface area contributed by atoms with Gasteiger partial charge in [0.05, 0.1) is 0 Å². The van der Waals surface area contributed by atoms with E-state index in [2.05, 4.69) is 15.9 Å². The van der Waals surface area contributed by atoms with Crippen LogP contribution in [0.15, 0.2) is 59.1 Å². The van der Waals surface area contributed by atoms with Gasteiger partial charge in [0.15, 0.2) is 0 Å². The zero-order chi connectivity index (χ0) is 17.9. The minimum Gasteiger partial charge on any atom is -0.314 e. The van der Waals surface area contributed by atoms with E-state index in [9.17, 15) is 10.0 Å². The third-order valence-corrected chi connectivity index (χ3v) is 4.35. The summed E-state index contributed by atoms with van der Waals surface area (Å²) in [6.07, 6.45) is 0. The molecule has 1 unspecified atom stereocenters. The Morgan fingerprint density at radius 3 is 2.08 bits per heavy atom. The number of hydrogen-bond acceptors (Lipinski definition) is 3. The van der Waals surface area contributed by atoms with E-state index >= 15 is 0 Å². The second-order valence-electron chi connectivity index (χ2n) is 6.70. The first-order valence-corrected chi connectivity index (χ1v) is 8.57. The Morgan fingerprint density at radius 1 is 1.04 bits per heavy atom. The molecule has 0 fully saturated rings. The van der Waals surface area contributed by atoms with Crippen molar-refractivity contribution in [2.24, 2.45) is 0 Å². The molecule has 1 amide bonds. The molecule has 0 aliphatic heterocycles. The van der Waals surface area contributed by atoms with Gasteiger partial charge in [0.25, 0.3) is 5.91 Å². The Balaban J connectivity index is 2.42. The Kier molecular flexibility index (Phi) is 5.80. The van der Waals surface area contributed by atoms with E-state index < -0.39 is 11.6 Å². The van der Waals surface area contributed by atoms with E-state index in [1.807, 2.05) is 75.4 Å². The molecule has 0 spiro atoms. The molecule has 4 nitrogen and oxygen atoms in total. The predicted octanol–water partition coefficient (Wildman–Crippen LogP) is 4.64. The summed E-state index contributed by atoms with van der Waals surface area (Å²) in [4.78, 5) is 14.7. The van der Waals surface area contributed by atoms with Crippen LogP contribution in [0.2, 0.25) is 0 Å². The van der Waals surface area contributed by atoms with E-state index in [4.69, 9.17) is 0 Å². The van der Waals surface area contributed by atoms with Gasteiger partial charge < -0.3 is 10.1 Å². The zero-order valence-corrected chi connectivity index (χ0v) is 16.0. The summed E-state index contributed by atoms with van der Waals surface area (Å²) in [6, 6.07) is 16.1. The zero-order valence-electron chi connectivity index (χ0n) is 14.4. The van der Waals surface area contributed by atoms with Gasteiger partial charge in [-0.05, 0) is 50.6 Å². The van der Waals surface area contributed by atoms with Crippen LogP contribution in [0.1, 0.15) is 32.4 Å². The first kappa shape index (κ1) is 18.6. The fourth-order valence-electron chi connectivity index (χ4n) is 2.38. The Labute approximate surface area is 151 Å². The molecule has 0 bridgehead atoms. The molecule has 1 N–H and O–H groups in total. The first-order chi connectivity index (χ1) is 11.2. The summed E-state index contributed by atoms with van der Waals surface area (Å²) < 4.78 is 0.925. The van der Waals surface area contributed by atoms with Crippen molar-refractivity contribution in [2.75, 3.05) is 11.9 Å². The lowest BCUT2D eigenvalue weighted by molar-refractivity contribution is -0.192. The van der Waals surface area contributed by atoms with Gasteiger partial charge in [0.2, 0.25) is 0 Å². The van der Waals surface area contributed by atoms with Crippen LogP contribution in [0, 0.1) is 0 Å². The number of benzene rings is 2. The topological polar surface area (TPSA) is 43.8 Å². The van der Waals surface area contributed by atoms with E-state index in [0.717, 1.165) is 20.8 Å². The Morgan fingerprint density at radius 2 is 1.58 bits per heavy atom. The summed E-state index contributed by atoms with van der Waals surface area (Å²) in [5, 5.41) is 11.8. The van der Waals surface area contributed by atoms with Gasteiger partial charge in [-0.3, -0.25) is 4.79 Å². The molecule has 2 aromatic carbocycles. The molecule has 0 saturated carbocycles. The molecule has 2 rings (SSSR count). The minimum absolute atomic E-state index is 0.194. The molecule has 0 aromatic heterocycles. The summed E-state index contributed by atoms with van der Waals surface area (Å²) in [6.45, 7) is 5.61. The Bertz CT molecular complexity index is 681. The summed E-state index contributed by atoms with van der Waals surface area (Å²) in [5.41, 5.74) is 0.945. The third-order valence-electron chi connectivity index (χ3n) is 3.83. The number of nitrogens with zero attached hydrogens (tertiary/aromatic N) is 2. The van der Waals surface area contributed by atoms with Crippen LogP contribution in [-0.2, 0) is 4.79 Å². The van der Waals surface area contributed by atoms with Crippen molar-refractivity contribution in [1.29, 1.82) is 0 Å². The maximum Gasteiger partial charge on any atom is 0.251 e. The maximum absolute atomic E-state index is 13.1. The Hall–Kier alpha value is -1.69. The van der Waals surface area contributed by atoms with Crippen molar-refractivity contribution < 1.29 is 10.0 Å². The number of halogens is 1. The fourth-order valence-corrected chi connectivity index (χ4v) is 2.65. The highest BCUT2D eigenvalue weighted by molar-refractivity contribution is 9.10. The van der Waals surface area contributed by atoms with Crippen LogP contribution in [-0.4, -0.2) is 28.8 Å². The van der Waals surface area contributed by atoms with Gasteiger partial charge in [-0.2, -0.15) is 5.06 Å². The highest BCUT2D eigenvalue weighted by Gasteiger charge is 2.36. The number of hydroxylamine groups is 2. The highest BCUT2D eigenvalue weighted by Crippen LogP contribution is 2.30. The minimum atomic E-state index is -0.789. The molecule has 128 valence electrons. The summed E-state index contributed by atoms with van der Waals surface area (Å²) in [7, 11) is 1.72. The number of rotatable bonds is 4. The number of amides is 1. The van der Waals surface area contributed by atoms with E-state index in [0.29, 0.717) is 0 Å². The second-order valence-corrected chi connectivity index (χ2v) is 7.62. The average molecular weight is 391 g/mol. The molecule has 0 aliphatic rings. The number of carbonyl (C=O) groups is 1. The number of para-hydroxylation sites is 1.